The lowest BCUT2D eigenvalue weighted by Gasteiger charge is -2.32. The fraction of sp³-hybridized carbons (Fsp3) is 0.320. The fourth-order valence-electron chi connectivity index (χ4n) is 4.26. The van der Waals surface area contributed by atoms with Gasteiger partial charge in [0.15, 0.2) is 0 Å². The number of sulfonamides is 1. The molecule has 190 valence electrons. The lowest BCUT2D eigenvalue weighted by Crippen LogP contribution is -2.46. The third-order valence-corrected chi connectivity index (χ3v) is 7.62. The summed E-state index contributed by atoms with van der Waals surface area (Å²) in [7, 11) is -3.81. The van der Waals surface area contributed by atoms with E-state index in [0.717, 1.165) is 22.7 Å². The van der Waals surface area contributed by atoms with Crippen molar-refractivity contribution in [2.24, 2.45) is 0 Å². The van der Waals surface area contributed by atoms with E-state index in [1.54, 1.807) is 0 Å². The number of amides is 2. The number of anilines is 1. The minimum Gasteiger partial charge on any atom is -0.478 e. The number of nitrogens with zero attached hydrogens (tertiary/aromatic N) is 2. The molecule has 0 saturated carbocycles. The van der Waals surface area contributed by atoms with Gasteiger partial charge >= 0.3 is 12.0 Å². The number of fused-ring (bicyclic) bond motifs is 1. The number of likely N-dealkylation sites (tertiary alicyclic amines) is 1. The van der Waals surface area contributed by atoms with Crippen LogP contribution >= 0.6 is 0 Å². The number of urea groups is 1. The Morgan fingerprint density at radius 3 is 2.58 bits per heavy atom. The Kier molecular flexibility index (Phi) is 7.82. The van der Waals surface area contributed by atoms with E-state index >= 15 is 0 Å². The molecule has 0 spiro atoms. The van der Waals surface area contributed by atoms with E-state index in [-0.39, 0.29) is 22.5 Å². The molecule has 1 fully saturated rings. The normalized spacial score (nSPS) is 15.0. The van der Waals surface area contributed by atoms with Gasteiger partial charge in [0.05, 0.1) is 21.7 Å². The number of aryl methyl sites for hydroxylation is 1. The number of benzene rings is 2. The van der Waals surface area contributed by atoms with E-state index in [2.05, 4.69) is 25.2 Å². The van der Waals surface area contributed by atoms with Gasteiger partial charge in [-0.2, -0.15) is 0 Å². The topological polar surface area (TPSA) is 141 Å². The summed E-state index contributed by atoms with van der Waals surface area (Å²) in [6.07, 6.45) is 1.23. The minimum absolute atomic E-state index is 0.0581. The van der Waals surface area contributed by atoms with Crippen LogP contribution in [0.2, 0.25) is 0 Å². The molecule has 0 radical (unpaired) electrons. The van der Waals surface area contributed by atoms with Crippen molar-refractivity contribution in [1.82, 2.24) is 19.9 Å². The van der Waals surface area contributed by atoms with Crippen LogP contribution in [-0.4, -0.2) is 67.6 Å². The van der Waals surface area contributed by atoms with Crippen LogP contribution in [0.25, 0.3) is 10.9 Å². The Labute approximate surface area is 209 Å². The summed E-state index contributed by atoms with van der Waals surface area (Å²) < 4.78 is 28.0. The van der Waals surface area contributed by atoms with E-state index in [9.17, 15) is 18.0 Å². The first-order valence-electron chi connectivity index (χ1n) is 11.7. The van der Waals surface area contributed by atoms with Gasteiger partial charge in [0, 0.05) is 30.2 Å². The van der Waals surface area contributed by atoms with Crippen molar-refractivity contribution in [2.75, 3.05) is 31.5 Å². The molecule has 1 aromatic heterocycles. The second kappa shape index (κ2) is 11.0. The number of carboxylic acid groups (broad SMARTS) is 1. The Balaban J connectivity index is 1.23. The number of para-hydroxylation sites is 1. The van der Waals surface area contributed by atoms with Crippen molar-refractivity contribution in [1.29, 1.82) is 0 Å². The zero-order chi connectivity index (χ0) is 25.7. The maximum absolute atomic E-state index is 12.7. The maximum Gasteiger partial charge on any atom is 0.335 e. The number of piperidine rings is 1. The number of nitrogens with one attached hydrogen (secondary N) is 3. The Morgan fingerprint density at radius 1 is 1.08 bits per heavy atom. The molecule has 2 amide bonds. The summed E-state index contributed by atoms with van der Waals surface area (Å²) in [5.74, 6) is -1.17. The first-order chi connectivity index (χ1) is 17.2. The van der Waals surface area contributed by atoms with Gasteiger partial charge < -0.3 is 20.6 Å². The molecule has 1 aliphatic rings. The summed E-state index contributed by atoms with van der Waals surface area (Å²) in [6.45, 7) is 4.34. The summed E-state index contributed by atoms with van der Waals surface area (Å²) in [6, 6.07) is 14.3. The molecule has 4 N–H and O–H groups in total. The van der Waals surface area contributed by atoms with Crippen LogP contribution in [-0.2, 0) is 10.0 Å². The molecule has 1 aliphatic heterocycles. The summed E-state index contributed by atoms with van der Waals surface area (Å²) in [5.41, 5.74) is 2.27. The fourth-order valence-corrected chi connectivity index (χ4v) is 5.61. The molecule has 36 heavy (non-hydrogen) atoms. The molecular formula is C25H29N5O5S. The average molecular weight is 512 g/mol. The number of hydrogen-bond acceptors (Lipinski definition) is 6. The van der Waals surface area contributed by atoms with Crippen LogP contribution < -0.4 is 15.4 Å². The van der Waals surface area contributed by atoms with Crippen LogP contribution in [0.3, 0.4) is 0 Å². The van der Waals surface area contributed by atoms with Gasteiger partial charge in [-0.3, -0.25) is 4.98 Å². The van der Waals surface area contributed by atoms with Crippen molar-refractivity contribution in [3.63, 3.8) is 0 Å². The smallest absolute Gasteiger partial charge is 0.335 e. The SMILES string of the molecule is Cc1cc(NC(=O)NCCN2CCC(NS(=O)(=O)c3cccc(C(=O)O)c3)CC2)c2ccccc2n1. The molecule has 1 saturated heterocycles. The van der Waals surface area contributed by atoms with E-state index < -0.39 is 16.0 Å². The number of aromatic nitrogens is 1. The Morgan fingerprint density at radius 2 is 1.83 bits per heavy atom. The van der Waals surface area contributed by atoms with E-state index in [4.69, 9.17) is 5.11 Å². The van der Waals surface area contributed by atoms with Crippen LogP contribution in [0.5, 0.6) is 0 Å². The highest BCUT2D eigenvalue weighted by molar-refractivity contribution is 7.89. The highest BCUT2D eigenvalue weighted by Crippen LogP contribution is 2.22. The largest absolute Gasteiger partial charge is 0.478 e. The van der Waals surface area contributed by atoms with Crippen LogP contribution in [0.15, 0.2) is 59.5 Å². The highest BCUT2D eigenvalue weighted by Gasteiger charge is 2.25. The number of carbonyl (C=O) groups is 2. The van der Waals surface area contributed by atoms with Crippen molar-refractivity contribution < 1.29 is 23.1 Å². The maximum atomic E-state index is 12.7. The number of hydrogen-bond donors (Lipinski definition) is 4. The molecule has 0 bridgehead atoms. The van der Waals surface area contributed by atoms with Crippen LogP contribution in [0.4, 0.5) is 10.5 Å². The zero-order valence-electron chi connectivity index (χ0n) is 19.9. The molecule has 0 atom stereocenters. The lowest BCUT2D eigenvalue weighted by molar-refractivity contribution is 0.0696. The molecule has 11 heteroatoms. The number of rotatable bonds is 8. The quantitative estimate of drug-likeness (QED) is 0.364. The van der Waals surface area contributed by atoms with Gasteiger partial charge in [0.1, 0.15) is 0 Å². The van der Waals surface area contributed by atoms with Crippen molar-refractivity contribution >= 4 is 38.6 Å². The van der Waals surface area contributed by atoms with E-state index in [1.165, 1.54) is 18.2 Å². The highest BCUT2D eigenvalue weighted by atomic mass is 32.2. The molecule has 0 unspecified atom stereocenters. The van der Waals surface area contributed by atoms with Gasteiger partial charge in [-0.05, 0) is 63.2 Å². The van der Waals surface area contributed by atoms with E-state index in [1.807, 2.05) is 37.3 Å². The predicted octanol–water partition coefficient (Wildman–Crippen LogP) is 2.81. The first-order valence-corrected chi connectivity index (χ1v) is 13.2. The second-order valence-electron chi connectivity index (χ2n) is 8.78. The van der Waals surface area contributed by atoms with Gasteiger partial charge in [-0.15, -0.1) is 0 Å². The summed E-state index contributed by atoms with van der Waals surface area (Å²) >= 11 is 0. The van der Waals surface area contributed by atoms with Gasteiger partial charge in [-0.25, -0.2) is 22.7 Å². The third kappa shape index (κ3) is 6.36. The van der Waals surface area contributed by atoms with E-state index in [0.29, 0.717) is 44.7 Å². The van der Waals surface area contributed by atoms with Gasteiger partial charge in [0.2, 0.25) is 10.0 Å². The summed E-state index contributed by atoms with van der Waals surface area (Å²) in [5, 5.41) is 15.8. The van der Waals surface area contributed by atoms with Crippen LogP contribution in [0, 0.1) is 6.92 Å². The molecule has 3 aromatic rings. The third-order valence-electron chi connectivity index (χ3n) is 6.11. The predicted molar refractivity (Wildman–Crippen MR) is 137 cm³/mol. The average Bonchev–Trinajstić information content (AvgIpc) is 2.85. The first kappa shape index (κ1) is 25.5. The zero-order valence-corrected chi connectivity index (χ0v) is 20.7. The molecule has 4 rings (SSSR count). The molecule has 2 heterocycles. The Hall–Kier alpha value is -3.54. The minimum atomic E-state index is -3.81. The number of pyridine rings is 1. The standard InChI is InChI=1S/C25H29N5O5S/c1-17-15-23(21-7-2-3-8-22(21)27-17)28-25(33)26-11-14-30-12-9-19(10-13-30)29-36(34,35)20-6-4-5-18(16-20)24(31)32/h2-8,15-16,19,29H,9-14H2,1H3,(H,31,32)(H2,26,27,28,33). The monoisotopic (exact) mass is 511 g/mol. The number of aromatic carboxylic acids is 1. The second-order valence-corrected chi connectivity index (χ2v) is 10.5. The number of carbonyl (C=O) groups excluding carboxylic acids is 1. The van der Waals surface area contributed by atoms with Gasteiger partial charge in [-0.1, -0.05) is 24.3 Å². The van der Waals surface area contributed by atoms with Crippen molar-refractivity contribution in [3.05, 3.63) is 65.9 Å². The number of carboxylic acids is 1. The van der Waals surface area contributed by atoms with Crippen LogP contribution in [0.1, 0.15) is 28.9 Å². The van der Waals surface area contributed by atoms with Gasteiger partial charge in [0.25, 0.3) is 0 Å². The Bertz CT molecular complexity index is 1370. The summed E-state index contributed by atoms with van der Waals surface area (Å²) in [4.78, 5) is 30.2. The van der Waals surface area contributed by atoms with Crippen molar-refractivity contribution in [2.45, 2.75) is 30.7 Å². The van der Waals surface area contributed by atoms with Crippen molar-refractivity contribution in [3.8, 4) is 0 Å². The molecule has 0 aliphatic carbocycles. The molecular weight excluding hydrogens is 482 g/mol. The molecule has 2 aromatic carbocycles. The molecule has 10 nitrogen and oxygen atoms in total. The lowest BCUT2D eigenvalue weighted by atomic mass is 10.1.